The smallest absolute Gasteiger partial charge is 0.410 e. The maximum atomic E-state index is 12.7. The Hall–Kier alpha value is -2.28. The number of benzene rings is 1. The number of ether oxygens (including phenoxy) is 2. The summed E-state index contributed by atoms with van der Waals surface area (Å²) >= 11 is 0. The Morgan fingerprint density at radius 3 is 2.38 bits per heavy atom. The second-order valence-corrected chi connectivity index (χ2v) is 11.6. The van der Waals surface area contributed by atoms with Crippen LogP contribution in [-0.4, -0.2) is 58.8 Å². The zero-order chi connectivity index (χ0) is 24.9. The third-order valence-corrected chi connectivity index (χ3v) is 7.09. The largest absolute Gasteiger partial charge is 0.445 e. The van der Waals surface area contributed by atoms with E-state index in [1.807, 2.05) is 56.0 Å². The van der Waals surface area contributed by atoms with Crippen molar-refractivity contribution >= 4 is 12.2 Å². The van der Waals surface area contributed by atoms with E-state index in [1.165, 1.54) is 0 Å². The molecule has 2 heterocycles. The first-order valence-corrected chi connectivity index (χ1v) is 12.7. The molecule has 0 spiro atoms. The van der Waals surface area contributed by atoms with Gasteiger partial charge >= 0.3 is 12.2 Å². The normalized spacial score (nSPS) is 21.9. The average Bonchev–Trinajstić information content (AvgIpc) is 3.10. The molecule has 2 N–H and O–H groups in total. The van der Waals surface area contributed by atoms with Gasteiger partial charge in [-0.15, -0.1) is 0 Å². The fourth-order valence-corrected chi connectivity index (χ4v) is 5.20. The number of nitrogens with two attached hydrogens (primary N) is 1. The first kappa shape index (κ1) is 26.3. The molecule has 2 aliphatic heterocycles. The molecule has 2 aliphatic rings. The molecule has 2 fully saturated rings. The number of hydrogen-bond acceptors (Lipinski definition) is 5. The number of amides is 2. The molecule has 7 heteroatoms. The molecule has 1 unspecified atom stereocenters. The summed E-state index contributed by atoms with van der Waals surface area (Å²) in [5.41, 5.74) is 6.89. The number of piperidine rings is 1. The predicted molar refractivity (Wildman–Crippen MR) is 133 cm³/mol. The van der Waals surface area contributed by atoms with Gasteiger partial charge in [0, 0.05) is 31.2 Å². The van der Waals surface area contributed by atoms with E-state index in [-0.39, 0.29) is 23.8 Å². The van der Waals surface area contributed by atoms with E-state index in [1.54, 1.807) is 4.90 Å². The first-order chi connectivity index (χ1) is 15.9. The van der Waals surface area contributed by atoms with Crippen molar-refractivity contribution in [2.45, 2.75) is 90.5 Å². The van der Waals surface area contributed by atoms with Crippen LogP contribution in [0.4, 0.5) is 9.59 Å². The lowest BCUT2D eigenvalue weighted by Gasteiger charge is -2.34. The van der Waals surface area contributed by atoms with Gasteiger partial charge < -0.3 is 25.0 Å². The molecule has 190 valence electrons. The summed E-state index contributed by atoms with van der Waals surface area (Å²) in [4.78, 5) is 28.7. The van der Waals surface area contributed by atoms with Crippen molar-refractivity contribution in [2.24, 2.45) is 17.6 Å². The zero-order valence-corrected chi connectivity index (χ0v) is 21.6. The second kappa shape index (κ2) is 11.0. The minimum absolute atomic E-state index is 0.112. The van der Waals surface area contributed by atoms with E-state index >= 15 is 0 Å². The highest BCUT2D eigenvalue weighted by atomic mass is 16.6. The van der Waals surface area contributed by atoms with Gasteiger partial charge in [0.1, 0.15) is 12.2 Å². The molecule has 2 amide bonds. The van der Waals surface area contributed by atoms with Gasteiger partial charge in [-0.05, 0) is 84.1 Å². The van der Waals surface area contributed by atoms with Gasteiger partial charge in [0.2, 0.25) is 0 Å². The number of carbonyl (C=O) groups excluding carboxylic acids is 2. The van der Waals surface area contributed by atoms with Crippen molar-refractivity contribution in [3.8, 4) is 0 Å². The maximum absolute atomic E-state index is 12.7. The molecule has 0 bridgehead atoms. The van der Waals surface area contributed by atoms with Gasteiger partial charge in [0.25, 0.3) is 0 Å². The molecule has 0 aliphatic carbocycles. The first-order valence-electron chi connectivity index (χ1n) is 12.7. The number of likely N-dealkylation sites (tertiary alicyclic amines) is 2. The van der Waals surface area contributed by atoms with Crippen LogP contribution < -0.4 is 5.73 Å². The highest BCUT2D eigenvalue weighted by molar-refractivity contribution is 5.69. The SMILES string of the molecule is CC(C)(C)OC(=O)N1C[C@@H](CCC(N)C2CCN(C(=O)OCc3ccccc3)CC2)CC1(C)C. The van der Waals surface area contributed by atoms with Crippen molar-refractivity contribution in [3.05, 3.63) is 35.9 Å². The van der Waals surface area contributed by atoms with Crippen LogP contribution in [0.3, 0.4) is 0 Å². The van der Waals surface area contributed by atoms with Gasteiger partial charge in [-0.25, -0.2) is 9.59 Å². The quantitative estimate of drug-likeness (QED) is 0.615. The third-order valence-electron chi connectivity index (χ3n) is 7.09. The van der Waals surface area contributed by atoms with Crippen LogP contribution in [0.15, 0.2) is 30.3 Å². The summed E-state index contributed by atoms with van der Waals surface area (Å²) in [5, 5.41) is 0. The highest BCUT2D eigenvalue weighted by Crippen LogP contribution is 2.37. The Labute approximate surface area is 204 Å². The van der Waals surface area contributed by atoms with Crippen LogP contribution in [0, 0.1) is 11.8 Å². The van der Waals surface area contributed by atoms with Crippen LogP contribution in [0.5, 0.6) is 0 Å². The van der Waals surface area contributed by atoms with E-state index in [2.05, 4.69) is 13.8 Å². The fraction of sp³-hybridized carbons (Fsp3) is 0.704. The molecule has 1 aromatic rings. The molecule has 0 saturated carbocycles. The number of nitrogens with zero attached hydrogens (tertiary/aromatic N) is 2. The molecule has 2 atom stereocenters. The minimum atomic E-state index is -0.490. The average molecular weight is 474 g/mol. The Morgan fingerprint density at radius 2 is 1.76 bits per heavy atom. The van der Waals surface area contributed by atoms with Crippen LogP contribution in [0.25, 0.3) is 0 Å². The van der Waals surface area contributed by atoms with E-state index in [4.69, 9.17) is 15.2 Å². The van der Waals surface area contributed by atoms with Crippen molar-refractivity contribution in [1.82, 2.24) is 9.80 Å². The number of carbonyl (C=O) groups is 2. The van der Waals surface area contributed by atoms with Crippen molar-refractivity contribution in [2.75, 3.05) is 19.6 Å². The van der Waals surface area contributed by atoms with Crippen molar-refractivity contribution in [1.29, 1.82) is 0 Å². The third kappa shape index (κ3) is 7.36. The number of hydrogen-bond donors (Lipinski definition) is 1. The number of rotatable bonds is 6. The van der Waals surface area contributed by atoms with Gasteiger partial charge in [0.15, 0.2) is 0 Å². The van der Waals surface area contributed by atoms with Crippen LogP contribution in [-0.2, 0) is 16.1 Å². The molecule has 0 aromatic heterocycles. The Morgan fingerprint density at radius 1 is 1.12 bits per heavy atom. The molecule has 2 saturated heterocycles. The monoisotopic (exact) mass is 473 g/mol. The van der Waals surface area contributed by atoms with E-state index in [9.17, 15) is 9.59 Å². The molecule has 1 aromatic carbocycles. The summed E-state index contributed by atoms with van der Waals surface area (Å²) < 4.78 is 11.1. The Bertz CT molecular complexity index is 813. The lowest BCUT2D eigenvalue weighted by atomic mass is 9.85. The fourth-order valence-electron chi connectivity index (χ4n) is 5.20. The molecule has 0 radical (unpaired) electrons. The summed E-state index contributed by atoms with van der Waals surface area (Å²) in [5.74, 6) is 0.844. The van der Waals surface area contributed by atoms with Gasteiger partial charge in [0.05, 0.1) is 0 Å². The lowest BCUT2D eigenvalue weighted by Crippen LogP contribution is -2.45. The molecular weight excluding hydrogens is 430 g/mol. The highest BCUT2D eigenvalue weighted by Gasteiger charge is 2.43. The van der Waals surface area contributed by atoms with Crippen LogP contribution in [0.2, 0.25) is 0 Å². The zero-order valence-electron chi connectivity index (χ0n) is 21.6. The Balaban J connectivity index is 1.39. The van der Waals surface area contributed by atoms with E-state index in [0.29, 0.717) is 31.5 Å². The van der Waals surface area contributed by atoms with Crippen LogP contribution >= 0.6 is 0 Å². The summed E-state index contributed by atoms with van der Waals surface area (Å²) in [6, 6.07) is 9.86. The molecule has 34 heavy (non-hydrogen) atoms. The summed E-state index contributed by atoms with van der Waals surface area (Å²) in [7, 11) is 0. The van der Waals surface area contributed by atoms with E-state index < -0.39 is 5.60 Å². The maximum Gasteiger partial charge on any atom is 0.410 e. The van der Waals surface area contributed by atoms with Gasteiger partial charge in [-0.3, -0.25) is 0 Å². The molecule has 7 nitrogen and oxygen atoms in total. The van der Waals surface area contributed by atoms with Gasteiger partial charge in [-0.2, -0.15) is 0 Å². The molecule has 3 rings (SSSR count). The summed E-state index contributed by atoms with van der Waals surface area (Å²) in [6.45, 7) is 12.3. The van der Waals surface area contributed by atoms with Gasteiger partial charge in [-0.1, -0.05) is 30.3 Å². The Kier molecular flexibility index (Phi) is 8.50. The summed E-state index contributed by atoms with van der Waals surface area (Å²) in [6.07, 6.45) is 4.24. The van der Waals surface area contributed by atoms with Crippen molar-refractivity contribution in [3.63, 3.8) is 0 Å². The van der Waals surface area contributed by atoms with E-state index in [0.717, 1.165) is 44.2 Å². The topological polar surface area (TPSA) is 85.1 Å². The predicted octanol–water partition coefficient (Wildman–Crippen LogP) is 5.18. The second-order valence-electron chi connectivity index (χ2n) is 11.6. The standard InChI is InChI=1S/C27H43N3O4/c1-26(2,3)34-25(32)30-18-21(17-27(30,4)5)11-12-23(28)22-13-15-29(16-14-22)24(31)33-19-20-9-7-6-8-10-20/h6-10,21-23H,11-19,28H2,1-5H3/t21-,23?/m0/s1. The lowest BCUT2D eigenvalue weighted by molar-refractivity contribution is 0.0130. The van der Waals surface area contributed by atoms with Crippen LogP contribution in [0.1, 0.15) is 72.3 Å². The molecular formula is C27H43N3O4. The van der Waals surface area contributed by atoms with Crippen molar-refractivity contribution < 1.29 is 19.1 Å². The minimum Gasteiger partial charge on any atom is -0.445 e.